The van der Waals surface area contributed by atoms with Crippen LogP contribution in [0.1, 0.15) is 24.0 Å². The fourth-order valence-corrected chi connectivity index (χ4v) is 3.37. The molecule has 6 nitrogen and oxygen atoms in total. The van der Waals surface area contributed by atoms with Crippen molar-refractivity contribution in [1.82, 2.24) is 5.32 Å². The van der Waals surface area contributed by atoms with Gasteiger partial charge in [0.15, 0.2) is 0 Å². The van der Waals surface area contributed by atoms with E-state index < -0.39 is 12.2 Å². The molecule has 4 N–H and O–H groups in total. The lowest BCUT2D eigenvalue weighted by Gasteiger charge is -2.20. The second kappa shape index (κ2) is 10.9. The predicted octanol–water partition coefficient (Wildman–Crippen LogP) is 2.84. The number of aryl methyl sites for hydroxylation is 1. The van der Waals surface area contributed by atoms with Crippen molar-refractivity contribution in [2.75, 3.05) is 13.2 Å². The quantitative estimate of drug-likeness (QED) is 0.615. The number of halogens is 1. The zero-order valence-corrected chi connectivity index (χ0v) is 16.5. The van der Waals surface area contributed by atoms with Gasteiger partial charge in [0, 0.05) is 12.6 Å². The monoisotopic (exact) mass is 406 g/mol. The molecule has 2 aromatic carbocycles. The fraction of sp³-hybridized carbons (Fsp3) is 0.381. The number of hydrogen-bond donors (Lipinski definition) is 3. The van der Waals surface area contributed by atoms with Crippen LogP contribution in [-0.2, 0) is 12.8 Å². The van der Waals surface area contributed by atoms with Crippen LogP contribution in [0.4, 0.5) is 4.79 Å². The molecule has 3 rings (SSSR count). The third-order valence-electron chi connectivity index (χ3n) is 4.69. The Morgan fingerprint density at radius 2 is 1.96 bits per heavy atom. The summed E-state index contributed by atoms with van der Waals surface area (Å²) in [7, 11) is 0. The van der Waals surface area contributed by atoms with E-state index in [2.05, 4.69) is 5.32 Å². The zero-order chi connectivity index (χ0) is 19.1. The Bertz CT molecular complexity index is 757. The second-order valence-corrected chi connectivity index (χ2v) is 6.83. The number of nitrogens with one attached hydrogen (secondary N) is 1. The van der Waals surface area contributed by atoms with Gasteiger partial charge >= 0.3 is 6.09 Å². The summed E-state index contributed by atoms with van der Waals surface area (Å²) in [5.74, 6) is 1.22. The molecule has 0 heterocycles. The topological polar surface area (TPSA) is 93.8 Å². The average molecular weight is 407 g/mol. The lowest BCUT2D eigenvalue weighted by atomic mass is 10.0. The van der Waals surface area contributed by atoms with Crippen LogP contribution >= 0.6 is 12.4 Å². The largest absolute Gasteiger partial charge is 0.491 e. The molecule has 0 radical (unpaired) electrons. The number of carbonyl (C=O) groups excluding carboxylic acids is 1. The van der Waals surface area contributed by atoms with Crippen LogP contribution in [0.5, 0.6) is 11.5 Å². The van der Waals surface area contributed by atoms with Crippen LogP contribution in [0.3, 0.4) is 0 Å². The van der Waals surface area contributed by atoms with E-state index in [9.17, 15) is 9.90 Å². The molecule has 28 heavy (non-hydrogen) atoms. The van der Waals surface area contributed by atoms with Gasteiger partial charge in [-0.15, -0.1) is 12.4 Å². The molecule has 2 atom stereocenters. The number of amides is 1. The minimum Gasteiger partial charge on any atom is -0.491 e. The SMILES string of the molecule is Cl.NC(=O)Oc1ccc2c(c1)CC(NC[C@H](O)COc1ccccc1)CCC2. The Balaban J connectivity index is 0.00000280. The standard InChI is InChI=1S/C21H26N2O4.ClH/c22-21(25)27-20-10-9-15-5-4-6-17(11-16(15)12-20)23-13-18(24)14-26-19-7-2-1-3-8-19;/h1-3,7-10,12,17-18,23-24H,4-6,11,13-14H2,(H2,22,25);1H/t17?,18-;/m0./s1. The number of carbonyl (C=O) groups is 1. The summed E-state index contributed by atoms with van der Waals surface area (Å²) < 4.78 is 10.6. The highest BCUT2D eigenvalue weighted by atomic mass is 35.5. The van der Waals surface area contributed by atoms with E-state index in [0.29, 0.717) is 12.3 Å². The first kappa shape index (κ1) is 22.0. The second-order valence-electron chi connectivity index (χ2n) is 6.83. The zero-order valence-electron chi connectivity index (χ0n) is 15.7. The van der Waals surface area contributed by atoms with Crippen molar-refractivity contribution < 1.29 is 19.4 Å². The maximum atomic E-state index is 11.0. The first-order valence-electron chi connectivity index (χ1n) is 9.28. The molecule has 0 saturated carbocycles. The van der Waals surface area contributed by atoms with Crippen molar-refractivity contribution in [1.29, 1.82) is 0 Å². The Hall–Kier alpha value is -2.28. The first-order valence-corrected chi connectivity index (χ1v) is 9.28. The van der Waals surface area contributed by atoms with Gasteiger partial charge in [-0.2, -0.15) is 0 Å². The Morgan fingerprint density at radius 3 is 2.71 bits per heavy atom. The van der Waals surface area contributed by atoms with Crippen molar-refractivity contribution in [2.24, 2.45) is 5.73 Å². The van der Waals surface area contributed by atoms with Gasteiger partial charge in [-0.3, -0.25) is 0 Å². The van der Waals surface area contributed by atoms with Crippen LogP contribution < -0.4 is 20.5 Å². The fourth-order valence-electron chi connectivity index (χ4n) is 3.37. The molecule has 0 aliphatic heterocycles. The lowest BCUT2D eigenvalue weighted by Crippen LogP contribution is -2.39. The normalized spacial score (nSPS) is 16.8. The van der Waals surface area contributed by atoms with Crippen molar-refractivity contribution in [3.63, 3.8) is 0 Å². The van der Waals surface area contributed by atoms with E-state index in [-0.39, 0.29) is 25.1 Å². The molecule has 152 valence electrons. The molecular weight excluding hydrogens is 380 g/mol. The third-order valence-corrected chi connectivity index (χ3v) is 4.69. The Labute approximate surface area is 171 Å². The van der Waals surface area contributed by atoms with Crippen LogP contribution in [0.25, 0.3) is 0 Å². The molecule has 1 amide bonds. The number of nitrogens with two attached hydrogens (primary N) is 1. The van der Waals surface area contributed by atoms with Crippen LogP contribution in [-0.4, -0.2) is 36.5 Å². The number of hydrogen-bond acceptors (Lipinski definition) is 5. The molecule has 0 aromatic heterocycles. The van der Waals surface area contributed by atoms with Crippen LogP contribution in [0.15, 0.2) is 48.5 Å². The van der Waals surface area contributed by atoms with E-state index in [4.69, 9.17) is 15.2 Å². The molecule has 0 bridgehead atoms. The van der Waals surface area contributed by atoms with Crippen LogP contribution in [0, 0.1) is 0 Å². The Kier molecular flexibility index (Phi) is 8.57. The number of primary amides is 1. The minimum absolute atomic E-state index is 0. The molecule has 1 aliphatic rings. The maximum Gasteiger partial charge on any atom is 0.409 e. The number of benzene rings is 2. The highest BCUT2D eigenvalue weighted by molar-refractivity contribution is 5.85. The molecule has 2 aromatic rings. The van der Waals surface area contributed by atoms with Crippen molar-refractivity contribution in [2.45, 2.75) is 37.8 Å². The number of aliphatic hydroxyl groups excluding tert-OH is 1. The van der Waals surface area contributed by atoms with E-state index in [1.165, 1.54) is 5.56 Å². The van der Waals surface area contributed by atoms with Gasteiger partial charge in [-0.25, -0.2) is 4.79 Å². The van der Waals surface area contributed by atoms with E-state index >= 15 is 0 Å². The van der Waals surface area contributed by atoms with Crippen molar-refractivity contribution in [3.8, 4) is 11.5 Å². The predicted molar refractivity (Wildman–Crippen MR) is 110 cm³/mol. The molecular formula is C21H27ClN2O4. The number of aliphatic hydroxyl groups is 1. The summed E-state index contributed by atoms with van der Waals surface area (Å²) in [5, 5.41) is 13.6. The highest BCUT2D eigenvalue weighted by Crippen LogP contribution is 2.25. The molecule has 0 fully saturated rings. The van der Waals surface area contributed by atoms with Gasteiger partial charge in [0.1, 0.15) is 24.2 Å². The van der Waals surface area contributed by atoms with E-state index in [1.54, 1.807) is 6.07 Å². The summed E-state index contributed by atoms with van der Waals surface area (Å²) >= 11 is 0. The van der Waals surface area contributed by atoms with Gasteiger partial charge in [0.25, 0.3) is 0 Å². The third kappa shape index (κ3) is 6.71. The highest BCUT2D eigenvalue weighted by Gasteiger charge is 2.18. The molecule has 1 unspecified atom stereocenters. The molecule has 0 saturated heterocycles. The molecule has 1 aliphatic carbocycles. The van der Waals surface area contributed by atoms with Gasteiger partial charge in [-0.05, 0) is 61.1 Å². The molecule has 0 spiro atoms. The van der Waals surface area contributed by atoms with E-state index in [0.717, 1.165) is 37.0 Å². The summed E-state index contributed by atoms with van der Waals surface area (Å²) in [5.41, 5.74) is 7.52. The smallest absolute Gasteiger partial charge is 0.409 e. The average Bonchev–Trinajstić information content (AvgIpc) is 2.86. The lowest BCUT2D eigenvalue weighted by molar-refractivity contribution is 0.103. The number of para-hydroxylation sites is 1. The number of rotatable bonds is 7. The summed E-state index contributed by atoms with van der Waals surface area (Å²) in [6, 6.07) is 15.4. The van der Waals surface area contributed by atoms with Crippen molar-refractivity contribution in [3.05, 3.63) is 59.7 Å². The van der Waals surface area contributed by atoms with E-state index in [1.807, 2.05) is 42.5 Å². The van der Waals surface area contributed by atoms with Gasteiger partial charge in [0.2, 0.25) is 0 Å². The van der Waals surface area contributed by atoms with Gasteiger partial charge < -0.3 is 25.6 Å². The van der Waals surface area contributed by atoms with Crippen LogP contribution in [0.2, 0.25) is 0 Å². The number of ether oxygens (including phenoxy) is 2. The summed E-state index contributed by atoms with van der Waals surface area (Å²) in [4.78, 5) is 11.0. The van der Waals surface area contributed by atoms with Crippen molar-refractivity contribution >= 4 is 18.5 Å². The van der Waals surface area contributed by atoms with Gasteiger partial charge in [-0.1, -0.05) is 24.3 Å². The Morgan fingerprint density at radius 1 is 1.18 bits per heavy atom. The number of fused-ring (bicyclic) bond motifs is 1. The minimum atomic E-state index is -0.806. The summed E-state index contributed by atoms with van der Waals surface area (Å²) in [6.07, 6.45) is 2.50. The summed E-state index contributed by atoms with van der Waals surface area (Å²) in [6.45, 7) is 0.710. The van der Waals surface area contributed by atoms with Gasteiger partial charge in [0.05, 0.1) is 0 Å². The molecule has 7 heteroatoms. The first-order chi connectivity index (χ1) is 13.1. The maximum absolute atomic E-state index is 11.0.